The van der Waals surface area contributed by atoms with Gasteiger partial charge in [-0.2, -0.15) is 0 Å². The Labute approximate surface area is 51.8 Å². The van der Waals surface area contributed by atoms with Gasteiger partial charge in [0.2, 0.25) is 5.91 Å². The van der Waals surface area contributed by atoms with Gasteiger partial charge >= 0.3 is 0 Å². The van der Waals surface area contributed by atoms with Crippen molar-refractivity contribution in [2.24, 2.45) is 5.73 Å². The van der Waals surface area contributed by atoms with Crippen LogP contribution in [0.2, 0.25) is 0 Å². The molecule has 4 N–H and O–H groups in total. The smallest absolute Gasteiger partial charge is 0.242 e. The molecule has 4 nitrogen and oxygen atoms in total. The summed E-state index contributed by atoms with van der Waals surface area (Å²) in [7, 11) is 0. The molecular weight excluding hydrogens is 127 g/mol. The second-order valence-corrected chi connectivity index (χ2v) is 1.95. The van der Waals surface area contributed by atoms with E-state index < -0.39 is 18.1 Å². The molecule has 0 aliphatic rings. The van der Waals surface area contributed by atoms with Gasteiger partial charge in [-0.15, -0.1) is 10.0 Å². The Bertz CT molecular complexity index is 113. The van der Waals surface area contributed by atoms with E-state index in [9.17, 15) is 9.28 Å². The Morgan fingerprint density at radius 3 is 2.44 bits per heavy atom. The van der Waals surface area contributed by atoms with Crippen LogP contribution in [-0.2, 0) is 4.79 Å². The van der Waals surface area contributed by atoms with E-state index in [0.717, 1.165) is 12.5 Å². The highest BCUT2D eigenvalue weighted by atomic mass is 19.2. The largest absolute Gasteiger partial charge is 0.394 e. The lowest BCUT2D eigenvalue weighted by Gasteiger charge is -2.18. The highest BCUT2D eigenvalue weighted by molar-refractivity contribution is 5.84. The third kappa shape index (κ3) is 1.62. The molecule has 0 fully saturated rings. The van der Waals surface area contributed by atoms with Crippen molar-refractivity contribution in [3.05, 3.63) is 0 Å². The zero-order chi connectivity index (χ0) is 7.49. The van der Waals surface area contributed by atoms with Crippen LogP contribution in [0.4, 0.5) is 4.48 Å². The molecule has 0 aliphatic carbocycles. The molecule has 0 aromatic rings. The molecule has 0 radical (unpaired) electrons. The number of halogens is 1. The van der Waals surface area contributed by atoms with Gasteiger partial charge in [0.15, 0.2) is 0 Å². The lowest BCUT2D eigenvalue weighted by molar-refractivity contribution is -0.127. The van der Waals surface area contributed by atoms with Crippen LogP contribution >= 0.6 is 0 Å². The SMILES string of the molecule is CC(CO)(NF)C(N)=O. The van der Waals surface area contributed by atoms with Crippen molar-refractivity contribution < 1.29 is 14.4 Å². The molecule has 54 valence electrons. The number of carbonyl (C=O) groups is 1. The van der Waals surface area contributed by atoms with E-state index in [-0.39, 0.29) is 0 Å². The average Bonchev–Trinajstić information content (AvgIpc) is 1.86. The van der Waals surface area contributed by atoms with Crippen molar-refractivity contribution in [2.75, 3.05) is 6.61 Å². The maximum absolute atomic E-state index is 11.6. The molecule has 0 rings (SSSR count). The number of primary amides is 1. The zero-order valence-corrected chi connectivity index (χ0v) is 5.02. The number of aliphatic hydroxyl groups is 1. The summed E-state index contributed by atoms with van der Waals surface area (Å²) in [6, 6.07) is 0. The maximum atomic E-state index is 11.6. The monoisotopic (exact) mass is 136 g/mol. The average molecular weight is 136 g/mol. The summed E-state index contributed by atoms with van der Waals surface area (Å²) >= 11 is 0. The molecular formula is C4H9FN2O2. The van der Waals surface area contributed by atoms with Gasteiger partial charge in [-0.05, 0) is 6.92 Å². The first-order valence-corrected chi connectivity index (χ1v) is 2.35. The number of nitrogens with two attached hydrogens (primary N) is 1. The third-order valence-corrected chi connectivity index (χ3v) is 1.07. The van der Waals surface area contributed by atoms with Crippen LogP contribution in [0.3, 0.4) is 0 Å². The van der Waals surface area contributed by atoms with E-state index in [2.05, 4.69) is 0 Å². The fraction of sp³-hybridized carbons (Fsp3) is 0.750. The summed E-state index contributed by atoms with van der Waals surface area (Å²) in [5, 5.41) is 8.35. The number of hydrogen-bond donors (Lipinski definition) is 3. The first kappa shape index (κ1) is 8.32. The molecule has 9 heavy (non-hydrogen) atoms. The van der Waals surface area contributed by atoms with Gasteiger partial charge in [0.1, 0.15) is 5.54 Å². The van der Waals surface area contributed by atoms with Crippen molar-refractivity contribution in [3.8, 4) is 0 Å². The zero-order valence-electron chi connectivity index (χ0n) is 5.02. The number of rotatable bonds is 3. The van der Waals surface area contributed by atoms with Crippen LogP contribution in [0, 0.1) is 0 Å². The minimum Gasteiger partial charge on any atom is -0.394 e. The van der Waals surface area contributed by atoms with Crippen LogP contribution in [0.25, 0.3) is 0 Å². The summed E-state index contributed by atoms with van der Waals surface area (Å²) in [5.74, 6) is -0.924. The van der Waals surface area contributed by atoms with E-state index in [1.165, 1.54) is 0 Å². The molecule has 0 heterocycles. The van der Waals surface area contributed by atoms with Crippen molar-refractivity contribution in [1.29, 1.82) is 0 Å². The molecule has 0 aromatic carbocycles. The first-order chi connectivity index (χ1) is 4.06. The van der Waals surface area contributed by atoms with Gasteiger partial charge in [-0.25, -0.2) is 0 Å². The molecule has 5 heteroatoms. The van der Waals surface area contributed by atoms with E-state index in [4.69, 9.17) is 10.8 Å². The van der Waals surface area contributed by atoms with Crippen LogP contribution in [0.5, 0.6) is 0 Å². The maximum Gasteiger partial charge on any atom is 0.242 e. The second kappa shape index (κ2) is 2.75. The van der Waals surface area contributed by atoms with E-state index in [0.29, 0.717) is 0 Å². The lowest BCUT2D eigenvalue weighted by Crippen LogP contribution is -2.52. The van der Waals surface area contributed by atoms with Crippen molar-refractivity contribution in [3.63, 3.8) is 0 Å². The molecule has 1 amide bonds. The van der Waals surface area contributed by atoms with Crippen LogP contribution < -0.4 is 11.3 Å². The summed E-state index contributed by atoms with van der Waals surface area (Å²) in [5.41, 5.74) is 4.15. The number of aliphatic hydroxyl groups excluding tert-OH is 1. The van der Waals surface area contributed by atoms with Gasteiger partial charge in [0, 0.05) is 0 Å². The Hall–Kier alpha value is -0.680. The molecule has 0 bridgehead atoms. The topological polar surface area (TPSA) is 75.3 Å². The van der Waals surface area contributed by atoms with Crippen molar-refractivity contribution >= 4 is 5.91 Å². The van der Waals surface area contributed by atoms with Gasteiger partial charge < -0.3 is 10.8 Å². The summed E-state index contributed by atoms with van der Waals surface area (Å²) in [4.78, 5) is 10.2. The Morgan fingerprint density at radius 1 is 2.00 bits per heavy atom. The number of hydrogen-bond acceptors (Lipinski definition) is 3. The van der Waals surface area contributed by atoms with E-state index in [1.54, 1.807) is 0 Å². The molecule has 0 saturated heterocycles. The minimum atomic E-state index is -1.64. The van der Waals surface area contributed by atoms with Gasteiger partial charge in [0.25, 0.3) is 0 Å². The van der Waals surface area contributed by atoms with Crippen LogP contribution in [0.1, 0.15) is 6.92 Å². The predicted octanol–water partition coefficient (Wildman–Crippen LogP) is -1.30. The van der Waals surface area contributed by atoms with Crippen LogP contribution in [-0.4, -0.2) is 23.2 Å². The molecule has 0 spiro atoms. The molecule has 0 aromatic heterocycles. The fourth-order valence-electron chi connectivity index (χ4n) is 0.154. The molecule has 1 atom stereocenters. The lowest BCUT2D eigenvalue weighted by atomic mass is 10.1. The molecule has 1 unspecified atom stereocenters. The molecule has 0 aliphatic heterocycles. The highest BCUT2D eigenvalue weighted by Gasteiger charge is 2.29. The van der Waals surface area contributed by atoms with Gasteiger partial charge in [-0.3, -0.25) is 4.79 Å². The van der Waals surface area contributed by atoms with E-state index >= 15 is 0 Å². The van der Waals surface area contributed by atoms with Gasteiger partial charge in [0.05, 0.1) is 6.61 Å². The third-order valence-electron chi connectivity index (χ3n) is 1.07. The Kier molecular flexibility index (Phi) is 2.54. The first-order valence-electron chi connectivity index (χ1n) is 2.35. The number of nitrogens with one attached hydrogen (secondary N) is 1. The highest BCUT2D eigenvalue weighted by Crippen LogP contribution is 1.99. The van der Waals surface area contributed by atoms with Crippen molar-refractivity contribution in [1.82, 2.24) is 5.54 Å². The van der Waals surface area contributed by atoms with Gasteiger partial charge in [-0.1, -0.05) is 0 Å². The minimum absolute atomic E-state index is 0.654. The summed E-state index contributed by atoms with van der Waals surface area (Å²) < 4.78 is 11.6. The molecule has 0 saturated carbocycles. The normalized spacial score (nSPS) is 16.8. The predicted molar refractivity (Wildman–Crippen MR) is 28.9 cm³/mol. The van der Waals surface area contributed by atoms with Crippen molar-refractivity contribution in [2.45, 2.75) is 12.5 Å². The Morgan fingerprint density at radius 2 is 2.44 bits per heavy atom. The number of amides is 1. The standard InChI is InChI=1S/C4H9FN2O2/c1-4(2-8,7-5)3(6)9/h7-8H,2H2,1H3,(H2,6,9). The summed E-state index contributed by atoms with van der Waals surface area (Å²) in [6.07, 6.45) is 0. The number of carbonyl (C=O) groups excluding carboxylic acids is 1. The summed E-state index contributed by atoms with van der Waals surface area (Å²) in [6.45, 7) is 0.508. The van der Waals surface area contributed by atoms with E-state index in [1.807, 2.05) is 0 Å². The fourth-order valence-corrected chi connectivity index (χ4v) is 0.154. The van der Waals surface area contributed by atoms with Crippen LogP contribution in [0.15, 0.2) is 0 Å². The second-order valence-electron chi connectivity index (χ2n) is 1.95. The quantitative estimate of drug-likeness (QED) is 0.422. The Balaban J connectivity index is 4.09.